The predicted octanol–water partition coefficient (Wildman–Crippen LogP) is 2.04. The van der Waals surface area contributed by atoms with E-state index in [0.717, 1.165) is 23.4 Å². The van der Waals surface area contributed by atoms with Gasteiger partial charge in [-0.3, -0.25) is 9.18 Å². The summed E-state index contributed by atoms with van der Waals surface area (Å²) < 4.78 is 17.6. The molecule has 100 valence electrons. The Morgan fingerprint density at radius 2 is 2.33 bits per heavy atom. The van der Waals surface area contributed by atoms with Crippen molar-refractivity contribution >= 4 is 5.91 Å². The molecule has 18 heavy (non-hydrogen) atoms. The second kappa shape index (κ2) is 5.50. The molecule has 0 N–H and O–H groups in total. The number of halogens is 1. The van der Waals surface area contributed by atoms with Crippen LogP contribution in [0.2, 0.25) is 0 Å². The fraction of sp³-hybridized carbons (Fsp3) is 0.692. The molecule has 0 saturated carbocycles. The first-order valence-electron chi connectivity index (χ1n) is 6.37. The highest BCUT2D eigenvalue weighted by Crippen LogP contribution is 2.19. The lowest BCUT2D eigenvalue weighted by atomic mass is 10.1. The van der Waals surface area contributed by atoms with E-state index in [1.165, 1.54) is 0 Å². The fourth-order valence-corrected chi connectivity index (χ4v) is 2.43. The summed E-state index contributed by atoms with van der Waals surface area (Å²) in [5, 5.41) is 3.87. The van der Waals surface area contributed by atoms with Crippen molar-refractivity contribution in [1.82, 2.24) is 10.1 Å². The smallest absolute Gasteiger partial charge is 0.222 e. The third-order valence-corrected chi connectivity index (χ3v) is 3.63. The Balaban J connectivity index is 1.86. The highest BCUT2D eigenvalue weighted by atomic mass is 19.1. The standard InChI is InChI=1S/C13H19FN2O2/c1-9-12(10(2)18-15-9)3-4-13(17)16-6-5-11(7-14)8-16/h11H,3-8H2,1-2H3. The molecule has 5 heteroatoms. The molecule has 2 rings (SSSR count). The molecule has 0 aromatic carbocycles. The zero-order valence-corrected chi connectivity index (χ0v) is 10.9. The van der Waals surface area contributed by atoms with Gasteiger partial charge in [0.15, 0.2) is 0 Å². The molecule has 1 amide bonds. The van der Waals surface area contributed by atoms with Gasteiger partial charge in [0.05, 0.1) is 12.4 Å². The van der Waals surface area contributed by atoms with Crippen LogP contribution in [0.5, 0.6) is 0 Å². The van der Waals surface area contributed by atoms with Gasteiger partial charge in [-0.1, -0.05) is 5.16 Å². The van der Waals surface area contributed by atoms with Crippen molar-refractivity contribution in [2.24, 2.45) is 5.92 Å². The first-order valence-corrected chi connectivity index (χ1v) is 6.37. The first kappa shape index (κ1) is 13.1. The lowest BCUT2D eigenvalue weighted by Gasteiger charge is -2.15. The molecule has 0 aliphatic carbocycles. The number of aromatic nitrogens is 1. The van der Waals surface area contributed by atoms with Gasteiger partial charge in [0.25, 0.3) is 0 Å². The maximum Gasteiger partial charge on any atom is 0.222 e. The summed E-state index contributed by atoms with van der Waals surface area (Å²) in [5.41, 5.74) is 1.87. The average molecular weight is 254 g/mol. The zero-order valence-electron chi connectivity index (χ0n) is 10.9. The molecule has 1 saturated heterocycles. The third kappa shape index (κ3) is 2.71. The number of alkyl halides is 1. The summed E-state index contributed by atoms with van der Waals surface area (Å²) in [5.74, 6) is 0.919. The van der Waals surface area contributed by atoms with Crippen molar-refractivity contribution in [2.75, 3.05) is 19.8 Å². The minimum Gasteiger partial charge on any atom is -0.361 e. The molecule has 0 radical (unpaired) electrons. The molecule has 4 nitrogen and oxygen atoms in total. The number of aryl methyl sites for hydroxylation is 2. The van der Waals surface area contributed by atoms with E-state index in [2.05, 4.69) is 5.16 Å². The second-order valence-corrected chi connectivity index (χ2v) is 4.95. The number of carbonyl (C=O) groups excluding carboxylic acids is 1. The third-order valence-electron chi connectivity index (χ3n) is 3.63. The Bertz CT molecular complexity index is 411. The van der Waals surface area contributed by atoms with Gasteiger partial charge in [-0.05, 0) is 26.7 Å². The summed E-state index contributed by atoms with van der Waals surface area (Å²) in [6, 6.07) is 0. The predicted molar refractivity (Wildman–Crippen MR) is 65.0 cm³/mol. The zero-order chi connectivity index (χ0) is 13.1. The maximum absolute atomic E-state index is 12.5. The number of nitrogens with zero attached hydrogens (tertiary/aromatic N) is 2. The molecule has 0 spiro atoms. The van der Waals surface area contributed by atoms with Gasteiger partial charge in [-0.15, -0.1) is 0 Å². The average Bonchev–Trinajstić information content (AvgIpc) is 2.95. The Kier molecular flexibility index (Phi) is 3.99. The van der Waals surface area contributed by atoms with Crippen LogP contribution in [-0.4, -0.2) is 35.7 Å². The van der Waals surface area contributed by atoms with E-state index in [1.807, 2.05) is 13.8 Å². The van der Waals surface area contributed by atoms with E-state index in [4.69, 9.17) is 4.52 Å². The van der Waals surface area contributed by atoms with E-state index in [0.29, 0.717) is 25.9 Å². The molecule has 1 aromatic heterocycles. The van der Waals surface area contributed by atoms with Crippen LogP contribution < -0.4 is 0 Å². The van der Waals surface area contributed by atoms with Crippen LogP contribution in [0.1, 0.15) is 29.9 Å². The summed E-state index contributed by atoms with van der Waals surface area (Å²) in [4.78, 5) is 13.7. The Morgan fingerprint density at radius 3 is 2.89 bits per heavy atom. The minimum absolute atomic E-state index is 0.0352. The minimum atomic E-state index is -0.326. The first-order chi connectivity index (χ1) is 8.61. The number of likely N-dealkylation sites (tertiary alicyclic amines) is 1. The van der Waals surface area contributed by atoms with Crippen molar-refractivity contribution in [3.05, 3.63) is 17.0 Å². The van der Waals surface area contributed by atoms with Crippen LogP contribution in [0.25, 0.3) is 0 Å². The molecular formula is C13H19FN2O2. The van der Waals surface area contributed by atoms with Crippen molar-refractivity contribution in [1.29, 1.82) is 0 Å². The van der Waals surface area contributed by atoms with E-state index in [9.17, 15) is 9.18 Å². The summed E-state index contributed by atoms with van der Waals surface area (Å²) >= 11 is 0. The normalized spacial score (nSPS) is 19.5. The van der Waals surface area contributed by atoms with Crippen molar-refractivity contribution < 1.29 is 13.7 Å². The Hall–Kier alpha value is -1.39. The fourth-order valence-electron chi connectivity index (χ4n) is 2.43. The van der Waals surface area contributed by atoms with Crippen molar-refractivity contribution in [3.63, 3.8) is 0 Å². The molecule has 1 aliphatic heterocycles. The molecule has 1 aliphatic rings. The lowest BCUT2D eigenvalue weighted by molar-refractivity contribution is -0.130. The van der Waals surface area contributed by atoms with E-state index < -0.39 is 0 Å². The molecule has 1 unspecified atom stereocenters. The number of rotatable bonds is 4. The Labute approximate surface area is 106 Å². The molecule has 1 aromatic rings. The molecule has 2 heterocycles. The number of amides is 1. The van der Waals surface area contributed by atoms with Crippen LogP contribution in [-0.2, 0) is 11.2 Å². The van der Waals surface area contributed by atoms with Crippen molar-refractivity contribution in [3.8, 4) is 0 Å². The summed E-state index contributed by atoms with van der Waals surface area (Å²) in [7, 11) is 0. The topological polar surface area (TPSA) is 46.3 Å². The quantitative estimate of drug-likeness (QED) is 0.826. The van der Waals surface area contributed by atoms with Gasteiger partial charge >= 0.3 is 0 Å². The molecule has 1 atom stereocenters. The summed E-state index contributed by atoms with van der Waals surface area (Å²) in [6.07, 6.45) is 1.88. The maximum atomic E-state index is 12.5. The van der Waals surface area contributed by atoms with Gasteiger partial charge in [0.2, 0.25) is 5.91 Å². The van der Waals surface area contributed by atoms with Crippen LogP contribution in [0.3, 0.4) is 0 Å². The van der Waals surface area contributed by atoms with Crippen molar-refractivity contribution in [2.45, 2.75) is 33.1 Å². The van der Waals surface area contributed by atoms with Crippen LogP contribution in [0, 0.1) is 19.8 Å². The molecule has 1 fully saturated rings. The lowest BCUT2D eigenvalue weighted by Crippen LogP contribution is -2.29. The Morgan fingerprint density at radius 1 is 1.56 bits per heavy atom. The van der Waals surface area contributed by atoms with Gasteiger partial charge in [-0.25, -0.2) is 0 Å². The van der Waals surface area contributed by atoms with E-state index in [1.54, 1.807) is 4.90 Å². The monoisotopic (exact) mass is 254 g/mol. The van der Waals surface area contributed by atoms with E-state index >= 15 is 0 Å². The SMILES string of the molecule is Cc1noc(C)c1CCC(=O)N1CCC(CF)C1. The van der Waals surface area contributed by atoms with Gasteiger partial charge in [0.1, 0.15) is 5.76 Å². The molecular weight excluding hydrogens is 235 g/mol. The highest BCUT2D eigenvalue weighted by Gasteiger charge is 2.26. The summed E-state index contributed by atoms with van der Waals surface area (Å²) in [6.45, 7) is 4.67. The van der Waals surface area contributed by atoms with Gasteiger partial charge < -0.3 is 9.42 Å². The highest BCUT2D eigenvalue weighted by molar-refractivity contribution is 5.76. The van der Waals surface area contributed by atoms with Gasteiger partial charge in [0, 0.05) is 31.0 Å². The number of carbonyl (C=O) groups is 1. The van der Waals surface area contributed by atoms with Crippen LogP contribution in [0.4, 0.5) is 4.39 Å². The largest absolute Gasteiger partial charge is 0.361 e. The second-order valence-electron chi connectivity index (χ2n) is 4.95. The molecule has 0 bridgehead atoms. The van der Waals surface area contributed by atoms with Crippen LogP contribution >= 0.6 is 0 Å². The van der Waals surface area contributed by atoms with Gasteiger partial charge in [-0.2, -0.15) is 0 Å². The van der Waals surface area contributed by atoms with Crippen LogP contribution in [0.15, 0.2) is 4.52 Å². The number of hydrogen-bond acceptors (Lipinski definition) is 3. The van der Waals surface area contributed by atoms with E-state index in [-0.39, 0.29) is 18.5 Å². The number of hydrogen-bond donors (Lipinski definition) is 0.